The lowest BCUT2D eigenvalue weighted by Crippen LogP contribution is -2.29. The number of ketones is 1. The van der Waals surface area contributed by atoms with Gasteiger partial charge in [-0.1, -0.05) is 35.9 Å². The Labute approximate surface area is 214 Å². The zero-order chi connectivity index (χ0) is 26.7. The lowest BCUT2D eigenvalue weighted by atomic mass is 9.94. The smallest absolute Gasteiger partial charge is 0.338 e. The summed E-state index contributed by atoms with van der Waals surface area (Å²) in [6.45, 7) is 3.86. The number of likely N-dealkylation sites (tertiary alicyclic amines) is 1. The Hall–Kier alpha value is -4.59. The minimum absolute atomic E-state index is 0.0237. The van der Waals surface area contributed by atoms with Crippen molar-refractivity contribution in [2.45, 2.75) is 26.4 Å². The van der Waals surface area contributed by atoms with Gasteiger partial charge in [-0.15, -0.1) is 0 Å². The number of benzene rings is 3. The number of amides is 1. The highest BCUT2D eigenvalue weighted by atomic mass is 16.5. The van der Waals surface area contributed by atoms with Gasteiger partial charge in [0.25, 0.3) is 11.7 Å². The van der Waals surface area contributed by atoms with E-state index in [1.807, 2.05) is 13.0 Å². The first-order chi connectivity index (χ1) is 17.7. The summed E-state index contributed by atoms with van der Waals surface area (Å²) in [6, 6.07) is 16.9. The number of phenols is 1. The van der Waals surface area contributed by atoms with Crippen molar-refractivity contribution in [3.63, 3.8) is 0 Å². The fraction of sp³-hybridized carbons (Fsp3) is 0.207. The summed E-state index contributed by atoms with van der Waals surface area (Å²) in [6.07, 6.45) is 0. The molecule has 1 atom stereocenters. The second-order valence-corrected chi connectivity index (χ2v) is 8.64. The Kier molecular flexibility index (Phi) is 7.29. The van der Waals surface area contributed by atoms with Crippen LogP contribution in [0.25, 0.3) is 5.76 Å². The summed E-state index contributed by atoms with van der Waals surface area (Å²) in [5.74, 6) is -2.03. The van der Waals surface area contributed by atoms with Gasteiger partial charge in [0.2, 0.25) is 0 Å². The first-order valence-electron chi connectivity index (χ1n) is 11.7. The molecule has 3 aromatic rings. The third-order valence-corrected chi connectivity index (χ3v) is 6.18. The second kappa shape index (κ2) is 10.6. The number of aromatic hydroxyl groups is 1. The van der Waals surface area contributed by atoms with Crippen molar-refractivity contribution in [2.24, 2.45) is 0 Å². The molecule has 2 N–H and O–H groups in total. The van der Waals surface area contributed by atoms with Crippen LogP contribution < -0.4 is 4.74 Å². The number of ether oxygens (including phenoxy) is 2. The number of rotatable bonds is 7. The van der Waals surface area contributed by atoms with Crippen molar-refractivity contribution < 1.29 is 34.1 Å². The third kappa shape index (κ3) is 5.04. The zero-order valence-electron chi connectivity index (χ0n) is 20.7. The monoisotopic (exact) mass is 501 g/mol. The Morgan fingerprint density at radius 1 is 1.00 bits per heavy atom. The number of methoxy groups -OCH3 is 1. The number of nitrogens with zero attached hydrogens (tertiary/aromatic N) is 1. The molecule has 8 nitrogen and oxygen atoms in total. The molecular formula is C29H27NO7. The maximum absolute atomic E-state index is 13.3. The molecule has 8 heteroatoms. The maximum atomic E-state index is 13.3. The average Bonchev–Trinajstić information content (AvgIpc) is 3.14. The number of aliphatic hydroxyl groups excluding tert-OH is 1. The number of hydrogen-bond acceptors (Lipinski definition) is 7. The molecule has 1 aliphatic heterocycles. The second-order valence-electron chi connectivity index (χ2n) is 8.64. The fourth-order valence-electron chi connectivity index (χ4n) is 4.36. The lowest BCUT2D eigenvalue weighted by molar-refractivity contribution is -0.140. The van der Waals surface area contributed by atoms with Crippen LogP contribution in [-0.2, 0) is 20.9 Å². The number of phenolic OH excluding ortho intramolecular Hbond substituents is 1. The highest BCUT2D eigenvalue weighted by molar-refractivity contribution is 6.46. The Bertz CT molecular complexity index is 1370. The summed E-state index contributed by atoms with van der Waals surface area (Å²) in [7, 11) is 1.46. The molecule has 190 valence electrons. The molecule has 1 heterocycles. The van der Waals surface area contributed by atoms with Gasteiger partial charge in [-0.25, -0.2) is 4.79 Å². The predicted molar refractivity (Wildman–Crippen MR) is 136 cm³/mol. The summed E-state index contributed by atoms with van der Waals surface area (Å²) < 4.78 is 10.4. The molecule has 1 saturated heterocycles. The van der Waals surface area contributed by atoms with E-state index in [0.717, 1.165) is 5.56 Å². The number of esters is 1. The molecule has 0 aromatic heterocycles. The number of hydrogen-bond donors (Lipinski definition) is 2. The van der Waals surface area contributed by atoms with Gasteiger partial charge in [0.15, 0.2) is 0 Å². The molecular weight excluding hydrogens is 474 g/mol. The topological polar surface area (TPSA) is 113 Å². The average molecular weight is 502 g/mol. The normalized spacial score (nSPS) is 16.6. The zero-order valence-corrected chi connectivity index (χ0v) is 20.7. The van der Waals surface area contributed by atoms with Gasteiger partial charge in [-0.3, -0.25) is 9.59 Å². The summed E-state index contributed by atoms with van der Waals surface area (Å²) in [4.78, 5) is 39.9. The third-order valence-electron chi connectivity index (χ3n) is 6.18. The molecule has 37 heavy (non-hydrogen) atoms. The largest absolute Gasteiger partial charge is 0.508 e. The van der Waals surface area contributed by atoms with Gasteiger partial charge in [0.05, 0.1) is 36.5 Å². The van der Waals surface area contributed by atoms with E-state index in [2.05, 4.69) is 0 Å². The standard InChI is InChI=1S/C29H27NO7/c1-4-37-29(35)20-8-6-18(7-9-20)16-30-25(19-10-12-21(31)13-11-19)24(27(33)28(30)34)26(32)22-15-17(2)5-14-23(22)36-3/h5-15,25,31-32H,4,16H2,1-3H3/b26-24+. The quantitative estimate of drug-likeness (QED) is 0.212. The van der Waals surface area contributed by atoms with E-state index in [1.54, 1.807) is 55.5 Å². The number of aryl methyl sites for hydroxylation is 1. The maximum Gasteiger partial charge on any atom is 0.338 e. The van der Waals surface area contributed by atoms with Crippen LogP contribution in [0.3, 0.4) is 0 Å². The highest BCUT2D eigenvalue weighted by Gasteiger charge is 2.46. The Balaban J connectivity index is 1.80. The van der Waals surface area contributed by atoms with Crippen LogP contribution in [0.4, 0.5) is 0 Å². The number of carbonyl (C=O) groups excluding carboxylic acids is 3. The van der Waals surface area contributed by atoms with Crippen LogP contribution in [0.2, 0.25) is 0 Å². The summed E-state index contributed by atoms with van der Waals surface area (Å²) in [5.41, 5.74) is 2.62. The van der Waals surface area contributed by atoms with Crippen molar-refractivity contribution in [1.29, 1.82) is 0 Å². The highest BCUT2D eigenvalue weighted by Crippen LogP contribution is 2.42. The van der Waals surface area contributed by atoms with E-state index in [-0.39, 0.29) is 30.2 Å². The summed E-state index contributed by atoms with van der Waals surface area (Å²) in [5, 5.41) is 21.2. The van der Waals surface area contributed by atoms with E-state index in [4.69, 9.17) is 9.47 Å². The molecule has 0 spiro atoms. The van der Waals surface area contributed by atoms with Gasteiger partial charge in [0.1, 0.15) is 17.3 Å². The van der Waals surface area contributed by atoms with Crippen LogP contribution in [-0.4, -0.2) is 46.5 Å². The van der Waals surface area contributed by atoms with Crippen LogP contribution in [0.1, 0.15) is 45.6 Å². The summed E-state index contributed by atoms with van der Waals surface area (Å²) >= 11 is 0. The molecule has 4 rings (SSSR count). The van der Waals surface area contributed by atoms with Crippen LogP contribution in [0.5, 0.6) is 11.5 Å². The molecule has 1 amide bonds. The number of Topliss-reactive ketones (excluding diaryl/α,β-unsaturated/α-hetero) is 1. The van der Waals surface area contributed by atoms with Crippen LogP contribution in [0.15, 0.2) is 72.3 Å². The Morgan fingerprint density at radius 3 is 2.30 bits per heavy atom. The molecule has 0 aliphatic carbocycles. The molecule has 1 unspecified atom stereocenters. The van der Waals surface area contributed by atoms with Crippen molar-refractivity contribution >= 4 is 23.4 Å². The van der Waals surface area contributed by atoms with Gasteiger partial charge in [-0.05, 0) is 61.4 Å². The lowest BCUT2D eigenvalue weighted by Gasteiger charge is -2.25. The van der Waals surface area contributed by atoms with Crippen molar-refractivity contribution in [1.82, 2.24) is 4.90 Å². The van der Waals surface area contributed by atoms with E-state index >= 15 is 0 Å². The minimum Gasteiger partial charge on any atom is -0.508 e. The van der Waals surface area contributed by atoms with E-state index in [0.29, 0.717) is 28.0 Å². The van der Waals surface area contributed by atoms with Gasteiger partial charge in [-0.2, -0.15) is 0 Å². The van der Waals surface area contributed by atoms with Crippen molar-refractivity contribution in [2.75, 3.05) is 13.7 Å². The van der Waals surface area contributed by atoms with Gasteiger partial charge >= 0.3 is 5.97 Å². The van der Waals surface area contributed by atoms with Crippen LogP contribution >= 0.6 is 0 Å². The first kappa shape index (κ1) is 25.5. The molecule has 0 bridgehead atoms. The number of carbonyl (C=O) groups is 3. The molecule has 1 fully saturated rings. The van der Waals surface area contributed by atoms with Crippen molar-refractivity contribution in [3.05, 3.63) is 100 Å². The van der Waals surface area contributed by atoms with Crippen LogP contribution in [0, 0.1) is 6.92 Å². The van der Waals surface area contributed by atoms with E-state index < -0.39 is 23.7 Å². The first-order valence-corrected chi connectivity index (χ1v) is 11.7. The number of aliphatic hydroxyl groups is 1. The molecule has 1 aliphatic rings. The van der Waals surface area contributed by atoms with Crippen molar-refractivity contribution in [3.8, 4) is 11.5 Å². The fourth-order valence-corrected chi connectivity index (χ4v) is 4.36. The Morgan fingerprint density at radius 2 is 1.68 bits per heavy atom. The minimum atomic E-state index is -0.921. The SMILES string of the molecule is CCOC(=O)c1ccc(CN2C(=O)C(=O)/C(=C(/O)c3cc(C)ccc3OC)C2c2ccc(O)cc2)cc1. The molecule has 0 radical (unpaired) electrons. The van der Waals surface area contributed by atoms with E-state index in [9.17, 15) is 24.6 Å². The molecule has 0 saturated carbocycles. The van der Waals surface area contributed by atoms with Gasteiger partial charge in [0, 0.05) is 6.54 Å². The van der Waals surface area contributed by atoms with E-state index in [1.165, 1.54) is 24.1 Å². The molecule has 3 aromatic carbocycles. The predicted octanol–water partition coefficient (Wildman–Crippen LogP) is 4.51. The van der Waals surface area contributed by atoms with Gasteiger partial charge < -0.3 is 24.6 Å².